The topological polar surface area (TPSA) is 30.8 Å². The van der Waals surface area contributed by atoms with Gasteiger partial charge in [-0.05, 0) is 6.92 Å². The van der Waals surface area contributed by atoms with Gasteiger partial charge in [0.1, 0.15) is 7.11 Å². The fourth-order valence-electron chi connectivity index (χ4n) is 1.08. The predicted molar refractivity (Wildman–Crippen MR) is 39.1 cm³/mol. The van der Waals surface area contributed by atoms with Crippen LogP contribution < -0.4 is 0 Å². The van der Waals surface area contributed by atoms with Gasteiger partial charge in [0.2, 0.25) is 0 Å². The molecule has 1 rings (SSSR count). The van der Waals surface area contributed by atoms with Crippen molar-refractivity contribution in [1.29, 1.82) is 0 Å². The summed E-state index contributed by atoms with van der Waals surface area (Å²) < 4.78 is 5.32. The Morgan fingerprint density at radius 1 is 1.70 bits per heavy atom. The maximum atomic E-state index is 5.32. The van der Waals surface area contributed by atoms with Gasteiger partial charge in [-0.3, -0.25) is 0 Å². The molecule has 1 atom stereocenters. The molecule has 0 saturated carbocycles. The summed E-state index contributed by atoms with van der Waals surface area (Å²) in [5.74, 6) is 0. The fraction of sp³-hybridized carbons (Fsp3) is 0.857. The zero-order valence-electron chi connectivity index (χ0n) is 6.46. The molecule has 0 aromatic heterocycles. The maximum absolute atomic E-state index is 5.32. The van der Waals surface area contributed by atoms with Gasteiger partial charge in [0.05, 0.1) is 18.4 Å². The molecule has 58 valence electrons. The molecule has 3 heteroatoms. The molecule has 1 unspecified atom stereocenters. The Hall–Kier alpha value is -0.570. The Morgan fingerprint density at radius 2 is 2.50 bits per heavy atom. The third-order valence-corrected chi connectivity index (χ3v) is 1.54. The highest BCUT2D eigenvalue weighted by Gasteiger charge is 2.14. The number of hydrogen-bond donors (Lipinski definition) is 0. The third kappa shape index (κ3) is 1.99. The van der Waals surface area contributed by atoms with E-state index in [1.54, 1.807) is 7.11 Å². The van der Waals surface area contributed by atoms with Crippen LogP contribution in [-0.4, -0.2) is 25.5 Å². The predicted octanol–water partition coefficient (Wildman–Crippen LogP) is 1.19. The van der Waals surface area contributed by atoms with Crippen LogP contribution in [0.3, 0.4) is 0 Å². The summed E-state index contributed by atoms with van der Waals surface area (Å²) in [6.07, 6.45) is 2.13. The SMILES string of the molecule is CO/N=C1\CCOC(C)C1. The van der Waals surface area contributed by atoms with Crippen molar-refractivity contribution in [2.75, 3.05) is 13.7 Å². The zero-order chi connectivity index (χ0) is 7.40. The van der Waals surface area contributed by atoms with Gasteiger partial charge < -0.3 is 9.57 Å². The van der Waals surface area contributed by atoms with E-state index >= 15 is 0 Å². The number of hydrogen-bond acceptors (Lipinski definition) is 3. The summed E-state index contributed by atoms with van der Waals surface area (Å²) in [6, 6.07) is 0. The lowest BCUT2D eigenvalue weighted by Gasteiger charge is -2.19. The lowest BCUT2D eigenvalue weighted by Crippen LogP contribution is -2.23. The summed E-state index contributed by atoms with van der Waals surface area (Å²) in [7, 11) is 1.58. The lowest BCUT2D eigenvalue weighted by molar-refractivity contribution is 0.0608. The van der Waals surface area contributed by atoms with Crippen molar-refractivity contribution in [1.82, 2.24) is 0 Å². The van der Waals surface area contributed by atoms with Crippen LogP contribution >= 0.6 is 0 Å². The largest absolute Gasteiger partial charge is 0.399 e. The first kappa shape index (κ1) is 7.54. The first-order valence-corrected chi connectivity index (χ1v) is 3.53. The molecule has 0 amide bonds. The Morgan fingerprint density at radius 3 is 3.10 bits per heavy atom. The molecule has 1 heterocycles. The van der Waals surface area contributed by atoms with Crippen molar-refractivity contribution in [3.05, 3.63) is 0 Å². The van der Waals surface area contributed by atoms with Gasteiger partial charge in [0.25, 0.3) is 0 Å². The van der Waals surface area contributed by atoms with Crippen LogP contribution in [-0.2, 0) is 9.57 Å². The lowest BCUT2D eigenvalue weighted by atomic mass is 10.1. The molecule has 1 saturated heterocycles. The number of ether oxygens (including phenoxy) is 1. The van der Waals surface area contributed by atoms with E-state index in [1.807, 2.05) is 6.92 Å². The van der Waals surface area contributed by atoms with E-state index in [0.717, 1.165) is 25.2 Å². The number of rotatable bonds is 1. The minimum Gasteiger partial charge on any atom is -0.399 e. The van der Waals surface area contributed by atoms with E-state index in [1.165, 1.54) is 0 Å². The number of nitrogens with zero attached hydrogens (tertiary/aromatic N) is 1. The zero-order valence-corrected chi connectivity index (χ0v) is 6.46. The average Bonchev–Trinajstić information content (AvgIpc) is 1.88. The van der Waals surface area contributed by atoms with Crippen molar-refractivity contribution >= 4 is 5.71 Å². The van der Waals surface area contributed by atoms with Gasteiger partial charge in [-0.25, -0.2) is 0 Å². The Balaban J connectivity index is 2.39. The van der Waals surface area contributed by atoms with Crippen LogP contribution in [0.2, 0.25) is 0 Å². The van der Waals surface area contributed by atoms with Gasteiger partial charge in [-0.15, -0.1) is 0 Å². The third-order valence-electron chi connectivity index (χ3n) is 1.54. The second-order valence-corrected chi connectivity index (χ2v) is 2.48. The second kappa shape index (κ2) is 3.56. The normalized spacial score (nSPS) is 30.6. The van der Waals surface area contributed by atoms with Crippen LogP contribution in [0.15, 0.2) is 5.16 Å². The van der Waals surface area contributed by atoms with Crippen LogP contribution in [0.5, 0.6) is 0 Å². The van der Waals surface area contributed by atoms with Crippen LogP contribution in [0.1, 0.15) is 19.8 Å². The molecule has 0 bridgehead atoms. The Kier molecular flexibility index (Phi) is 2.68. The minimum atomic E-state index is 0.308. The van der Waals surface area contributed by atoms with Crippen LogP contribution in [0.25, 0.3) is 0 Å². The van der Waals surface area contributed by atoms with Crippen molar-refractivity contribution < 1.29 is 9.57 Å². The Labute approximate surface area is 61.0 Å². The molecule has 0 aromatic rings. The first-order valence-electron chi connectivity index (χ1n) is 3.53. The molecule has 0 aromatic carbocycles. The van der Waals surface area contributed by atoms with Gasteiger partial charge in [-0.2, -0.15) is 0 Å². The number of oxime groups is 1. The van der Waals surface area contributed by atoms with E-state index in [2.05, 4.69) is 9.99 Å². The summed E-state index contributed by atoms with van der Waals surface area (Å²) >= 11 is 0. The van der Waals surface area contributed by atoms with Gasteiger partial charge in [0.15, 0.2) is 0 Å². The molecule has 1 fully saturated rings. The maximum Gasteiger partial charge on any atom is 0.106 e. The standard InChI is InChI=1S/C7H13NO2/c1-6-5-7(8-9-2)3-4-10-6/h6H,3-5H2,1-2H3/b8-7+. The van der Waals surface area contributed by atoms with E-state index < -0.39 is 0 Å². The first-order chi connectivity index (χ1) is 4.83. The van der Waals surface area contributed by atoms with Crippen molar-refractivity contribution in [3.8, 4) is 0 Å². The highest BCUT2D eigenvalue weighted by atomic mass is 16.6. The molecule has 1 aliphatic rings. The molecular formula is C7H13NO2. The highest BCUT2D eigenvalue weighted by molar-refractivity contribution is 5.84. The van der Waals surface area contributed by atoms with Gasteiger partial charge in [0, 0.05) is 12.8 Å². The quantitative estimate of drug-likeness (QED) is 0.516. The summed E-state index contributed by atoms with van der Waals surface area (Å²) in [4.78, 5) is 4.66. The Bertz CT molecular complexity index is 134. The van der Waals surface area contributed by atoms with E-state index in [4.69, 9.17) is 4.74 Å². The summed E-state index contributed by atoms with van der Waals surface area (Å²) in [5, 5.41) is 3.87. The highest BCUT2D eigenvalue weighted by Crippen LogP contribution is 2.09. The summed E-state index contributed by atoms with van der Waals surface area (Å²) in [5.41, 5.74) is 1.11. The van der Waals surface area contributed by atoms with E-state index in [-0.39, 0.29) is 0 Å². The summed E-state index contributed by atoms with van der Waals surface area (Å²) in [6.45, 7) is 2.83. The van der Waals surface area contributed by atoms with Gasteiger partial charge in [-0.1, -0.05) is 5.16 Å². The molecule has 0 spiro atoms. The smallest absolute Gasteiger partial charge is 0.106 e. The molecule has 0 N–H and O–H groups in total. The molecule has 3 nitrogen and oxygen atoms in total. The van der Waals surface area contributed by atoms with E-state index in [0.29, 0.717) is 6.10 Å². The van der Waals surface area contributed by atoms with Crippen molar-refractivity contribution in [2.24, 2.45) is 5.16 Å². The van der Waals surface area contributed by atoms with E-state index in [9.17, 15) is 0 Å². The molecule has 0 radical (unpaired) electrons. The minimum absolute atomic E-state index is 0.308. The molecule has 0 aliphatic carbocycles. The van der Waals surface area contributed by atoms with Crippen LogP contribution in [0, 0.1) is 0 Å². The van der Waals surface area contributed by atoms with Gasteiger partial charge >= 0.3 is 0 Å². The average molecular weight is 143 g/mol. The molecular weight excluding hydrogens is 130 g/mol. The molecule has 1 aliphatic heterocycles. The van der Waals surface area contributed by atoms with Crippen molar-refractivity contribution in [3.63, 3.8) is 0 Å². The van der Waals surface area contributed by atoms with Crippen LogP contribution in [0.4, 0.5) is 0 Å². The monoisotopic (exact) mass is 143 g/mol. The molecule has 10 heavy (non-hydrogen) atoms. The van der Waals surface area contributed by atoms with Crippen molar-refractivity contribution in [2.45, 2.75) is 25.9 Å². The fourth-order valence-corrected chi connectivity index (χ4v) is 1.08. The second-order valence-electron chi connectivity index (χ2n) is 2.48.